The highest BCUT2D eigenvalue weighted by Gasteiger charge is 2.15. The van der Waals surface area contributed by atoms with Crippen molar-refractivity contribution in [3.8, 4) is 11.4 Å². The zero-order chi connectivity index (χ0) is 12.3. The van der Waals surface area contributed by atoms with E-state index in [0.717, 1.165) is 5.69 Å². The molecule has 5 heteroatoms. The quantitative estimate of drug-likeness (QED) is 0.754. The topological polar surface area (TPSA) is 57.0 Å². The number of pyridine rings is 1. The number of aromatic nitrogens is 3. The fourth-order valence-electron chi connectivity index (χ4n) is 1.50. The summed E-state index contributed by atoms with van der Waals surface area (Å²) in [7, 11) is 1.71. The van der Waals surface area contributed by atoms with Crippen LogP contribution in [0.1, 0.15) is 17.4 Å². The molecule has 0 aromatic carbocycles. The lowest BCUT2D eigenvalue weighted by Gasteiger charge is -1.99. The number of ether oxygens (including phenoxy) is 1. The van der Waals surface area contributed by atoms with Crippen molar-refractivity contribution in [2.75, 3.05) is 6.61 Å². The number of hydrogen-bond donors (Lipinski definition) is 0. The summed E-state index contributed by atoms with van der Waals surface area (Å²) in [4.78, 5) is 15.8. The van der Waals surface area contributed by atoms with Crippen molar-refractivity contribution >= 4 is 5.97 Å². The van der Waals surface area contributed by atoms with Gasteiger partial charge in [-0.3, -0.25) is 9.67 Å². The Labute approximate surface area is 99.1 Å². The molecule has 0 saturated carbocycles. The molecule has 2 aromatic heterocycles. The fraction of sp³-hybridized carbons (Fsp3) is 0.250. The highest BCUT2D eigenvalue weighted by Crippen LogP contribution is 2.16. The van der Waals surface area contributed by atoms with Gasteiger partial charge >= 0.3 is 5.97 Å². The van der Waals surface area contributed by atoms with Gasteiger partial charge in [0.15, 0.2) is 0 Å². The van der Waals surface area contributed by atoms with Gasteiger partial charge in [-0.25, -0.2) is 4.79 Å². The molecule has 0 amide bonds. The Balaban J connectivity index is 2.34. The third-order valence-corrected chi connectivity index (χ3v) is 2.29. The molecule has 0 aliphatic heterocycles. The van der Waals surface area contributed by atoms with Crippen LogP contribution in [0, 0.1) is 0 Å². The van der Waals surface area contributed by atoms with E-state index in [-0.39, 0.29) is 5.97 Å². The van der Waals surface area contributed by atoms with Crippen molar-refractivity contribution < 1.29 is 9.53 Å². The smallest absolute Gasteiger partial charge is 0.356 e. The lowest BCUT2D eigenvalue weighted by molar-refractivity contribution is 0.0513. The summed E-state index contributed by atoms with van der Waals surface area (Å²) < 4.78 is 6.44. The van der Waals surface area contributed by atoms with Gasteiger partial charge in [-0.15, -0.1) is 0 Å². The molecule has 0 radical (unpaired) electrons. The third-order valence-electron chi connectivity index (χ3n) is 2.29. The predicted octanol–water partition coefficient (Wildman–Crippen LogP) is 1.66. The second kappa shape index (κ2) is 4.78. The number of aryl methyl sites for hydroxylation is 1. The lowest BCUT2D eigenvalue weighted by Crippen LogP contribution is -2.10. The van der Waals surface area contributed by atoms with Crippen LogP contribution in [0.4, 0.5) is 0 Å². The van der Waals surface area contributed by atoms with Gasteiger partial charge in [-0.1, -0.05) is 6.07 Å². The summed E-state index contributed by atoms with van der Waals surface area (Å²) in [5, 5.41) is 4.24. The maximum absolute atomic E-state index is 11.6. The molecule has 0 saturated heterocycles. The van der Waals surface area contributed by atoms with Gasteiger partial charge in [0.2, 0.25) is 0 Å². The molecule has 17 heavy (non-hydrogen) atoms. The highest BCUT2D eigenvalue weighted by atomic mass is 16.5. The molecule has 5 nitrogen and oxygen atoms in total. The average molecular weight is 231 g/mol. The van der Waals surface area contributed by atoms with E-state index in [4.69, 9.17) is 4.74 Å². The molecular formula is C12H13N3O2. The molecule has 0 N–H and O–H groups in total. The largest absolute Gasteiger partial charge is 0.461 e. The zero-order valence-corrected chi connectivity index (χ0v) is 9.75. The standard InChI is InChI=1S/C12H13N3O2/c1-3-17-12(16)11-8-10(14-15(11)2)9-6-4-5-7-13-9/h4-8H,3H2,1-2H3. The first kappa shape index (κ1) is 11.3. The Morgan fingerprint density at radius 2 is 2.24 bits per heavy atom. The minimum atomic E-state index is -0.371. The molecule has 88 valence electrons. The van der Waals surface area contributed by atoms with Crippen LogP contribution >= 0.6 is 0 Å². The Morgan fingerprint density at radius 3 is 2.88 bits per heavy atom. The molecule has 2 aromatic rings. The van der Waals surface area contributed by atoms with Gasteiger partial charge in [-0.2, -0.15) is 5.10 Å². The van der Waals surface area contributed by atoms with Gasteiger partial charge in [-0.05, 0) is 19.1 Å². The normalized spacial score (nSPS) is 10.2. The van der Waals surface area contributed by atoms with E-state index in [2.05, 4.69) is 10.1 Å². The van der Waals surface area contributed by atoms with Gasteiger partial charge < -0.3 is 4.74 Å². The molecule has 0 spiro atoms. The van der Waals surface area contributed by atoms with Crippen LogP contribution in [-0.2, 0) is 11.8 Å². The summed E-state index contributed by atoms with van der Waals surface area (Å²) in [6, 6.07) is 7.23. The number of carbonyl (C=O) groups is 1. The summed E-state index contributed by atoms with van der Waals surface area (Å²) in [5.41, 5.74) is 1.82. The van der Waals surface area contributed by atoms with E-state index in [9.17, 15) is 4.79 Å². The molecule has 0 aliphatic rings. The van der Waals surface area contributed by atoms with E-state index in [1.54, 1.807) is 26.2 Å². The van der Waals surface area contributed by atoms with Crippen LogP contribution in [0.3, 0.4) is 0 Å². The number of carbonyl (C=O) groups excluding carboxylic acids is 1. The van der Waals surface area contributed by atoms with Crippen LogP contribution in [0.15, 0.2) is 30.5 Å². The van der Waals surface area contributed by atoms with Crippen LogP contribution in [-0.4, -0.2) is 27.3 Å². The van der Waals surface area contributed by atoms with Crippen LogP contribution in [0.5, 0.6) is 0 Å². The first-order valence-corrected chi connectivity index (χ1v) is 5.35. The lowest BCUT2D eigenvalue weighted by atomic mass is 10.2. The second-order valence-electron chi connectivity index (χ2n) is 3.47. The minimum absolute atomic E-state index is 0.350. The van der Waals surface area contributed by atoms with Crippen molar-refractivity contribution in [1.82, 2.24) is 14.8 Å². The monoisotopic (exact) mass is 231 g/mol. The number of esters is 1. The Kier molecular flexibility index (Phi) is 3.18. The second-order valence-corrected chi connectivity index (χ2v) is 3.47. The van der Waals surface area contributed by atoms with E-state index in [1.165, 1.54) is 4.68 Å². The van der Waals surface area contributed by atoms with Crippen molar-refractivity contribution in [3.05, 3.63) is 36.2 Å². The molecular weight excluding hydrogens is 218 g/mol. The van der Waals surface area contributed by atoms with Gasteiger partial charge in [0.05, 0.1) is 12.3 Å². The highest BCUT2D eigenvalue weighted by molar-refractivity contribution is 5.88. The Hall–Kier alpha value is -2.17. The van der Waals surface area contributed by atoms with Crippen LogP contribution in [0.25, 0.3) is 11.4 Å². The molecule has 0 fully saturated rings. The third kappa shape index (κ3) is 2.33. The molecule has 0 unspecified atom stereocenters. The maximum Gasteiger partial charge on any atom is 0.356 e. The predicted molar refractivity (Wildman–Crippen MR) is 62.4 cm³/mol. The molecule has 0 atom stereocenters. The van der Waals surface area contributed by atoms with Gasteiger partial charge in [0.25, 0.3) is 0 Å². The number of rotatable bonds is 3. The van der Waals surface area contributed by atoms with Gasteiger partial charge in [0.1, 0.15) is 11.4 Å². The minimum Gasteiger partial charge on any atom is -0.461 e. The van der Waals surface area contributed by atoms with Crippen LogP contribution in [0.2, 0.25) is 0 Å². The fourth-order valence-corrected chi connectivity index (χ4v) is 1.50. The van der Waals surface area contributed by atoms with E-state index < -0.39 is 0 Å². The first-order valence-electron chi connectivity index (χ1n) is 5.35. The van der Waals surface area contributed by atoms with Crippen molar-refractivity contribution in [1.29, 1.82) is 0 Å². The maximum atomic E-state index is 11.6. The van der Waals surface area contributed by atoms with E-state index in [1.807, 2.05) is 18.2 Å². The molecule has 0 aliphatic carbocycles. The van der Waals surface area contributed by atoms with E-state index in [0.29, 0.717) is 18.0 Å². The molecule has 2 rings (SSSR count). The summed E-state index contributed by atoms with van der Waals surface area (Å²) in [6.45, 7) is 2.12. The average Bonchev–Trinajstić information content (AvgIpc) is 2.73. The zero-order valence-electron chi connectivity index (χ0n) is 9.75. The molecule has 2 heterocycles. The summed E-state index contributed by atoms with van der Waals surface area (Å²) >= 11 is 0. The van der Waals surface area contributed by atoms with Gasteiger partial charge in [0, 0.05) is 19.3 Å². The van der Waals surface area contributed by atoms with Crippen molar-refractivity contribution in [2.45, 2.75) is 6.92 Å². The number of nitrogens with zero attached hydrogens (tertiary/aromatic N) is 3. The van der Waals surface area contributed by atoms with Crippen LogP contribution < -0.4 is 0 Å². The van der Waals surface area contributed by atoms with Crippen molar-refractivity contribution in [3.63, 3.8) is 0 Å². The number of hydrogen-bond acceptors (Lipinski definition) is 4. The first-order chi connectivity index (χ1) is 8.22. The Bertz CT molecular complexity index is 520. The summed E-state index contributed by atoms with van der Waals surface area (Å²) in [6.07, 6.45) is 1.69. The van der Waals surface area contributed by atoms with E-state index >= 15 is 0 Å². The molecule has 0 bridgehead atoms. The summed E-state index contributed by atoms with van der Waals surface area (Å²) in [5.74, 6) is -0.371. The van der Waals surface area contributed by atoms with Crippen molar-refractivity contribution in [2.24, 2.45) is 7.05 Å². The Morgan fingerprint density at radius 1 is 1.41 bits per heavy atom. The SMILES string of the molecule is CCOC(=O)c1cc(-c2ccccn2)nn1C.